The van der Waals surface area contributed by atoms with Crippen LogP contribution in [0.2, 0.25) is 0 Å². The Balaban J connectivity index is 6.53. The van der Waals surface area contributed by atoms with Gasteiger partial charge in [0.25, 0.3) is 0 Å². The third kappa shape index (κ3) is 5.00. The fourth-order valence-electron chi connectivity index (χ4n) is 3.57. The Labute approximate surface area is 145 Å². The lowest BCUT2D eigenvalue weighted by Crippen LogP contribution is -2.56. The maximum absolute atomic E-state index is 11.8. The van der Waals surface area contributed by atoms with Crippen molar-refractivity contribution < 1.29 is 18.5 Å². The molecule has 0 saturated heterocycles. The molecule has 0 bridgehead atoms. The van der Waals surface area contributed by atoms with Crippen LogP contribution in [0, 0.1) is 10.8 Å². The van der Waals surface area contributed by atoms with Gasteiger partial charge in [-0.15, -0.1) is 0 Å². The quantitative estimate of drug-likeness (QED) is 0.621. The topological polar surface area (TPSA) is 59.0 Å². The molecule has 0 fully saturated rings. The maximum atomic E-state index is 11.8. The molecule has 0 aromatic carbocycles. The molecule has 5 nitrogen and oxygen atoms in total. The van der Waals surface area contributed by atoms with Gasteiger partial charge in [0.2, 0.25) is 0 Å². The van der Waals surface area contributed by atoms with Crippen LogP contribution in [0.4, 0.5) is 0 Å². The van der Waals surface area contributed by atoms with Crippen LogP contribution in [-0.2, 0) is 13.6 Å². The van der Waals surface area contributed by atoms with Crippen molar-refractivity contribution in [2.24, 2.45) is 10.8 Å². The third-order valence-electron chi connectivity index (χ3n) is 3.98. The van der Waals surface area contributed by atoms with Gasteiger partial charge in [-0.1, -0.05) is 41.5 Å². The summed E-state index contributed by atoms with van der Waals surface area (Å²) in [6.45, 7) is 20.8. The van der Waals surface area contributed by atoms with Crippen molar-refractivity contribution in [3.8, 4) is 0 Å². The van der Waals surface area contributed by atoms with Crippen molar-refractivity contribution in [3.05, 3.63) is 0 Å². The van der Waals surface area contributed by atoms with E-state index < -0.39 is 32.7 Å². The van der Waals surface area contributed by atoms with Gasteiger partial charge in [-0.25, -0.2) is 0 Å². The zero-order valence-electron chi connectivity index (χ0n) is 16.7. The second kappa shape index (κ2) is 8.25. The molecule has 7 heteroatoms. The van der Waals surface area contributed by atoms with E-state index in [4.69, 9.17) is 9.05 Å². The van der Waals surface area contributed by atoms with Crippen LogP contribution in [0.3, 0.4) is 0 Å². The average molecular weight is 369 g/mol. The summed E-state index contributed by atoms with van der Waals surface area (Å²) < 4.78 is 25.9. The first-order valence-electron chi connectivity index (χ1n) is 8.18. The fourth-order valence-corrected chi connectivity index (χ4v) is 7.74. The van der Waals surface area contributed by atoms with Gasteiger partial charge in [0.1, 0.15) is 13.6 Å². The summed E-state index contributed by atoms with van der Waals surface area (Å²) in [6, 6.07) is 0.463. The molecular formula is C16H37NO4P2. The van der Waals surface area contributed by atoms with E-state index in [9.17, 15) is 9.46 Å². The van der Waals surface area contributed by atoms with Crippen molar-refractivity contribution in [3.63, 3.8) is 0 Å². The molecule has 0 spiro atoms. The molecule has 0 aromatic heterocycles. The molecule has 0 rings (SSSR count). The molecule has 1 N–H and O–H groups in total. The van der Waals surface area contributed by atoms with Gasteiger partial charge in [0.05, 0.1) is 0 Å². The Morgan fingerprint density at radius 1 is 0.957 bits per heavy atom. The fraction of sp³-hybridized carbons (Fsp3) is 1.00. The van der Waals surface area contributed by atoms with Gasteiger partial charge < -0.3 is 9.42 Å². The molecule has 0 aromatic rings. The van der Waals surface area contributed by atoms with Gasteiger partial charge in [-0.2, -0.15) is 0 Å². The highest BCUT2D eigenvalue weighted by molar-refractivity contribution is 7.52. The molecule has 0 aliphatic rings. The zero-order chi connectivity index (χ0) is 18.8. The number of rotatable bonds is 7. The van der Waals surface area contributed by atoms with Crippen LogP contribution in [0.5, 0.6) is 0 Å². The largest absolute Gasteiger partial charge is 0.344 e. The molecule has 2 unspecified atom stereocenters. The van der Waals surface area contributed by atoms with Crippen LogP contribution < -0.4 is 0 Å². The van der Waals surface area contributed by atoms with E-state index in [1.54, 1.807) is 7.11 Å². The molecule has 0 radical (unpaired) electrons. The van der Waals surface area contributed by atoms with Crippen LogP contribution in [0.25, 0.3) is 0 Å². The Morgan fingerprint density at radius 2 is 1.30 bits per heavy atom. The van der Waals surface area contributed by atoms with E-state index in [-0.39, 0.29) is 12.1 Å². The van der Waals surface area contributed by atoms with Crippen molar-refractivity contribution in [2.75, 3.05) is 7.11 Å². The van der Waals surface area contributed by atoms with E-state index in [0.717, 1.165) is 0 Å². The van der Waals surface area contributed by atoms with Gasteiger partial charge >= 0.3 is 8.25 Å². The van der Waals surface area contributed by atoms with Crippen LogP contribution in [0.1, 0.15) is 69.2 Å². The monoisotopic (exact) mass is 369 g/mol. The maximum Gasteiger partial charge on any atom is 0.317 e. The van der Waals surface area contributed by atoms with Crippen LogP contribution in [0.15, 0.2) is 0 Å². The molecule has 0 aliphatic heterocycles. The molecule has 2 atom stereocenters. The lowest BCUT2D eigenvalue weighted by Gasteiger charge is -2.58. The number of hydrogen-bond donors (Lipinski definition) is 1. The Morgan fingerprint density at radius 3 is 1.48 bits per heavy atom. The van der Waals surface area contributed by atoms with E-state index in [0.29, 0.717) is 0 Å². The first-order valence-corrected chi connectivity index (χ1v) is 10.7. The Bertz CT molecular complexity index is 378. The predicted octanol–water partition coefficient (Wildman–Crippen LogP) is 5.25. The molecule has 0 aliphatic carbocycles. The summed E-state index contributed by atoms with van der Waals surface area (Å²) in [5.74, 6) is 0. The zero-order valence-corrected chi connectivity index (χ0v) is 18.6. The summed E-state index contributed by atoms with van der Waals surface area (Å²) in [5.41, 5.74) is -0.782. The summed E-state index contributed by atoms with van der Waals surface area (Å²) in [5, 5.41) is -0.899. The van der Waals surface area contributed by atoms with Gasteiger partial charge in [-0.3, -0.25) is 13.8 Å². The second-order valence-electron chi connectivity index (χ2n) is 8.54. The average Bonchev–Trinajstić information content (AvgIpc) is 2.28. The first kappa shape index (κ1) is 23.5. The summed E-state index contributed by atoms with van der Waals surface area (Å²) >= 11 is 0. The Kier molecular flexibility index (Phi) is 8.43. The minimum absolute atomic E-state index is 0.231. The predicted molar refractivity (Wildman–Crippen MR) is 100.0 cm³/mol. The number of hydrogen-bond acceptors (Lipinski definition) is 4. The first-order chi connectivity index (χ1) is 10.1. The normalized spacial score (nSPS) is 17.2. The molecule has 0 heterocycles. The lowest BCUT2D eigenvalue weighted by atomic mass is 9.73. The third-order valence-corrected chi connectivity index (χ3v) is 8.29. The van der Waals surface area contributed by atoms with Crippen molar-refractivity contribution in [2.45, 2.75) is 86.7 Å². The molecule has 0 amide bonds. The Hall–Kier alpha value is 0.500. The SMILES string of the molecule is COP(N(C(C)C)C(C)C)C(O[PH](=O)O)(C(C)(C)C)C(C)(C)C. The van der Waals surface area contributed by atoms with E-state index in [2.05, 4.69) is 73.9 Å². The van der Waals surface area contributed by atoms with Gasteiger partial charge in [0.15, 0.2) is 0 Å². The summed E-state index contributed by atoms with van der Waals surface area (Å²) in [4.78, 5) is 9.68. The smallest absolute Gasteiger partial charge is 0.317 e. The molecule has 0 saturated carbocycles. The van der Waals surface area contributed by atoms with Crippen molar-refractivity contribution >= 4 is 16.6 Å². The highest BCUT2D eigenvalue weighted by Crippen LogP contribution is 2.70. The minimum Gasteiger partial charge on any atom is -0.344 e. The summed E-state index contributed by atoms with van der Waals surface area (Å²) in [7, 11) is -2.74. The lowest BCUT2D eigenvalue weighted by molar-refractivity contribution is -0.0561. The van der Waals surface area contributed by atoms with Crippen molar-refractivity contribution in [1.82, 2.24) is 4.67 Å². The van der Waals surface area contributed by atoms with Gasteiger partial charge in [-0.05, 0) is 38.5 Å². The van der Waals surface area contributed by atoms with E-state index in [1.807, 2.05) is 0 Å². The second-order valence-corrected chi connectivity index (χ2v) is 11.3. The van der Waals surface area contributed by atoms with Crippen molar-refractivity contribution in [1.29, 1.82) is 0 Å². The van der Waals surface area contributed by atoms with Crippen LogP contribution >= 0.6 is 16.6 Å². The van der Waals surface area contributed by atoms with Crippen LogP contribution in [-0.4, -0.2) is 34.1 Å². The molecular weight excluding hydrogens is 332 g/mol. The number of nitrogens with zero attached hydrogens (tertiary/aromatic N) is 1. The van der Waals surface area contributed by atoms with Gasteiger partial charge in [0, 0.05) is 19.2 Å². The molecule has 140 valence electrons. The standard InChI is InChI=1S/C16H37NO4P2/c1-12(2)17(13(3)4)22(20-11)16(14(5,6)7,15(8,9)10)21-23(18)19/h12-13,23H,1-11H3,(H,18,19). The summed E-state index contributed by atoms with van der Waals surface area (Å²) in [6.07, 6.45) is 0. The minimum atomic E-state index is -3.13. The van der Waals surface area contributed by atoms with E-state index in [1.165, 1.54) is 0 Å². The highest BCUT2D eigenvalue weighted by atomic mass is 31.2. The highest BCUT2D eigenvalue weighted by Gasteiger charge is 2.61. The molecule has 23 heavy (non-hydrogen) atoms. The van der Waals surface area contributed by atoms with E-state index >= 15 is 0 Å².